The van der Waals surface area contributed by atoms with Gasteiger partial charge in [0.1, 0.15) is 11.8 Å². The van der Waals surface area contributed by atoms with Crippen molar-refractivity contribution in [2.24, 2.45) is 5.73 Å². The minimum absolute atomic E-state index is 0.0392. The molecule has 2 unspecified atom stereocenters. The number of ether oxygens (including phenoxy) is 1. The van der Waals surface area contributed by atoms with Crippen LogP contribution < -0.4 is 10.5 Å². The third kappa shape index (κ3) is 3.55. The van der Waals surface area contributed by atoms with Crippen molar-refractivity contribution in [3.63, 3.8) is 0 Å². The van der Waals surface area contributed by atoms with Gasteiger partial charge in [-0.25, -0.2) is 0 Å². The Balaban J connectivity index is 2.87. The molecule has 0 aliphatic heterocycles. The predicted octanol–water partition coefficient (Wildman–Crippen LogP) is 1.16. The van der Waals surface area contributed by atoms with Gasteiger partial charge in [0.25, 0.3) is 0 Å². The molecular weight excluding hydrogens is 236 g/mol. The molecule has 1 aromatic rings. The van der Waals surface area contributed by atoms with Gasteiger partial charge in [-0.05, 0) is 24.6 Å². The van der Waals surface area contributed by atoms with E-state index in [0.717, 1.165) is 5.56 Å². The average Bonchev–Trinajstić information content (AvgIpc) is 2.37. The summed E-state index contributed by atoms with van der Waals surface area (Å²) in [6.07, 6.45) is 0. The Labute approximate surface area is 104 Å². The maximum Gasteiger partial charge on any atom is 0.136 e. The molecule has 0 aliphatic carbocycles. The molecule has 1 rings (SSSR count). The molecule has 5 heteroatoms. The van der Waals surface area contributed by atoms with Crippen LogP contribution in [0.4, 0.5) is 0 Å². The van der Waals surface area contributed by atoms with Gasteiger partial charge in [0, 0.05) is 28.3 Å². The number of hydrogen-bond donors (Lipinski definition) is 1. The second kappa shape index (κ2) is 6.38. The summed E-state index contributed by atoms with van der Waals surface area (Å²) in [5, 5.41) is 8.90. The van der Waals surface area contributed by atoms with Crippen molar-refractivity contribution in [2.75, 3.05) is 13.7 Å². The summed E-state index contributed by atoms with van der Waals surface area (Å²) >= 11 is 0. The first kappa shape index (κ1) is 13.7. The van der Waals surface area contributed by atoms with E-state index >= 15 is 0 Å². The number of hydrogen-bond acceptors (Lipinski definition) is 4. The van der Waals surface area contributed by atoms with Crippen LogP contribution >= 0.6 is 0 Å². The number of nitrogens with two attached hydrogens (primary N) is 1. The molecule has 0 amide bonds. The molecule has 0 heterocycles. The van der Waals surface area contributed by atoms with Crippen molar-refractivity contribution < 1.29 is 8.95 Å². The Bertz CT molecular complexity index is 454. The van der Waals surface area contributed by atoms with Crippen molar-refractivity contribution in [3.8, 4) is 11.8 Å². The molecule has 17 heavy (non-hydrogen) atoms. The smallest absolute Gasteiger partial charge is 0.136 e. The largest absolute Gasteiger partial charge is 0.495 e. The molecule has 0 bridgehead atoms. The molecule has 1 aromatic carbocycles. The first-order chi connectivity index (χ1) is 8.12. The first-order valence-corrected chi connectivity index (χ1v) is 6.64. The van der Waals surface area contributed by atoms with Crippen molar-refractivity contribution in [1.29, 1.82) is 5.26 Å². The first-order valence-electron chi connectivity index (χ1n) is 5.26. The topological polar surface area (TPSA) is 76.1 Å². The fourth-order valence-corrected chi connectivity index (χ4v) is 2.35. The molecule has 0 radical (unpaired) electrons. The maximum absolute atomic E-state index is 11.8. The fraction of sp³-hybridized carbons (Fsp3) is 0.417. The lowest BCUT2D eigenvalue weighted by atomic mass is 10.1. The molecule has 0 aliphatic rings. The zero-order chi connectivity index (χ0) is 12.8. The van der Waals surface area contributed by atoms with Crippen LogP contribution in [0.3, 0.4) is 0 Å². The summed E-state index contributed by atoms with van der Waals surface area (Å²) in [6, 6.07) is 7.30. The van der Waals surface area contributed by atoms with Crippen molar-refractivity contribution in [1.82, 2.24) is 0 Å². The molecular formula is C12H16N2O2S. The number of rotatable bonds is 5. The van der Waals surface area contributed by atoms with Gasteiger partial charge in [-0.2, -0.15) is 5.26 Å². The van der Waals surface area contributed by atoms with Gasteiger partial charge in [-0.1, -0.05) is 6.07 Å². The van der Waals surface area contributed by atoms with Crippen molar-refractivity contribution >= 4 is 10.8 Å². The molecule has 2 atom stereocenters. The lowest BCUT2D eigenvalue weighted by Gasteiger charge is -2.09. The summed E-state index contributed by atoms with van der Waals surface area (Å²) in [4.78, 5) is 0. The Morgan fingerprint density at radius 2 is 2.29 bits per heavy atom. The zero-order valence-electron chi connectivity index (χ0n) is 9.97. The third-order valence-electron chi connectivity index (χ3n) is 2.47. The zero-order valence-corrected chi connectivity index (χ0v) is 10.8. The number of methoxy groups -OCH3 is 1. The highest BCUT2D eigenvalue weighted by Crippen LogP contribution is 2.20. The van der Waals surface area contributed by atoms with Crippen LogP contribution in [0.5, 0.6) is 5.75 Å². The van der Waals surface area contributed by atoms with E-state index in [-0.39, 0.29) is 5.25 Å². The van der Waals surface area contributed by atoms with Gasteiger partial charge in [-0.15, -0.1) is 0 Å². The number of nitriles is 1. The van der Waals surface area contributed by atoms with Crippen LogP contribution in [-0.2, 0) is 16.6 Å². The van der Waals surface area contributed by atoms with Gasteiger partial charge in [0.2, 0.25) is 0 Å². The van der Waals surface area contributed by atoms with Crippen molar-refractivity contribution in [3.05, 3.63) is 29.3 Å². The summed E-state index contributed by atoms with van der Waals surface area (Å²) in [5.74, 6) is 0.950. The lowest BCUT2D eigenvalue weighted by Crippen LogP contribution is -2.22. The Kier molecular flexibility index (Phi) is 5.13. The minimum Gasteiger partial charge on any atom is -0.495 e. The number of benzene rings is 1. The quantitative estimate of drug-likeness (QED) is 0.853. The SMILES string of the molecule is COc1ccc(CS(=O)C(C)CN)cc1C#N. The molecule has 0 spiro atoms. The predicted molar refractivity (Wildman–Crippen MR) is 68.1 cm³/mol. The number of nitrogens with zero attached hydrogens (tertiary/aromatic N) is 1. The van der Waals surface area contributed by atoms with E-state index in [9.17, 15) is 4.21 Å². The molecule has 0 aromatic heterocycles. The molecule has 2 N–H and O–H groups in total. The molecule has 0 saturated heterocycles. The highest BCUT2D eigenvalue weighted by Gasteiger charge is 2.11. The van der Waals surface area contributed by atoms with E-state index in [2.05, 4.69) is 6.07 Å². The van der Waals surface area contributed by atoms with Crippen LogP contribution in [0.1, 0.15) is 18.1 Å². The average molecular weight is 252 g/mol. The van der Waals surface area contributed by atoms with Crippen LogP contribution in [-0.4, -0.2) is 23.1 Å². The molecule has 0 saturated carbocycles. The minimum atomic E-state index is -1.01. The highest BCUT2D eigenvalue weighted by molar-refractivity contribution is 7.84. The van der Waals surface area contributed by atoms with Crippen LogP contribution in [0.25, 0.3) is 0 Å². The Hall–Kier alpha value is -1.38. The van der Waals surface area contributed by atoms with Crippen LogP contribution in [0.2, 0.25) is 0 Å². The summed E-state index contributed by atoms with van der Waals surface area (Å²) < 4.78 is 16.9. The lowest BCUT2D eigenvalue weighted by molar-refractivity contribution is 0.413. The summed E-state index contributed by atoms with van der Waals surface area (Å²) in [6.45, 7) is 2.25. The third-order valence-corrected chi connectivity index (χ3v) is 4.18. The van der Waals surface area contributed by atoms with E-state index in [1.54, 1.807) is 12.1 Å². The standard InChI is InChI=1S/C12H16N2O2S/c1-9(6-13)17(15)8-10-3-4-12(16-2)11(5-10)7-14/h3-5,9H,6,8,13H2,1-2H3. The van der Waals surface area contributed by atoms with Gasteiger partial charge in [0.05, 0.1) is 12.7 Å². The molecule has 0 fully saturated rings. The molecule has 92 valence electrons. The monoisotopic (exact) mass is 252 g/mol. The molecule has 4 nitrogen and oxygen atoms in total. The van der Waals surface area contributed by atoms with E-state index in [1.807, 2.05) is 13.0 Å². The van der Waals surface area contributed by atoms with E-state index in [4.69, 9.17) is 15.7 Å². The van der Waals surface area contributed by atoms with Gasteiger partial charge in [-0.3, -0.25) is 4.21 Å². The van der Waals surface area contributed by atoms with Crippen LogP contribution in [0.15, 0.2) is 18.2 Å². The Morgan fingerprint density at radius 1 is 1.59 bits per heavy atom. The van der Waals surface area contributed by atoms with Gasteiger partial charge in [0.15, 0.2) is 0 Å². The van der Waals surface area contributed by atoms with Crippen LogP contribution in [0, 0.1) is 11.3 Å². The Morgan fingerprint density at radius 3 is 2.82 bits per heavy atom. The fourth-order valence-electron chi connectivity index (χ4n) is 1.35. The van der Waals surface area contributed by atoms with E-state index in [0.29, 0.717) is 23.6 Å². The van der Waals surface area contributed by atoms with Gasteiger partial charge >= 0.3 is 0 Å². The highest BCUT2D eigenvalue weighted by atomic mass is 32.2. The second-order valence-electron chi connectivity index (χ2n) is 3.72. The normalized spacial score (nSPS) is 13.8. The summed E-state index contributed by atoms with van der Waals surface area (Å²) in [7, 11) is 0.509. The van der Waals surface area contributed by atoms with E-state index < -0.39 is 10.8 Å². The van der Waals surface area contributed by atoms with Crippen molar-refractivity contribution in [2.45, 2.75) is 17.9 Å². The van der Waals surface area contributed by atoms with E-state index in [1.165, 1.54) is 7.11 Å². The summed E-state index contributed by atoms with van der Waals surface area (Å²) in [5.41, 5.74) is 6.79. The maximum atomic E-state index is 11.8. The second-order valence-corrected chi connectivity index (χ2v) is 5.57. The van der Waals surface area contributed by atoms with Gasteiger partial charge < -0.3 is 10.5 Å².